The van der Waals surface area contributed by atoms with Gasteiger partial charge in [0, 0.05) is 12.1 Å². The number of hydrogen-bond donors (Lipinski definition) is 3. The first kappa shape index (κ1) is 23.9. The van der Waals surface area contributed by atoms with E-state index in [9.17, 15) is 14.7 Å². The van der Waals surface area contributed by atoms with E-state index in [1.54, 1.807) is 4.90 Å². The molecule has 1 aromatic carbocycles. The van der Waals surface area contributed by atoms with Crippen LogP contribution in [0, 0.1) is 11.8 Å². The molecule has 9 heteroatoms. The van der Waals surface area contributed by atoms with Gasteiger partial charge in [0.25, 0.3) is 0 Å². The minimum atomic E-state index is -1.19. The summed E-state index contributed by atoms with van der Waals surface area (Å²) in [6, 6.07) is 7.33. The number of aliphatic hydroxyl groups excluding tert-OH is 1. The first-order chi connectivity index (χ1) is 15.2. The van der Waals surface area contributed by atoms with Gasteiger partial charge in [-0.15, -0.1) is 10.2 Å². The monoisotopic (exact) mass is 443 g/mol. The number of hydrogen-bond acceptors (Lipinski definition) is 7. The lowest BCUT2D eigenvalue weighted by Gasteiger charge is -2.31. The maximum atomic E-state index is 13.1. The number of nitrogens with one attached hydrogen (secondary N) is 1. The summed E-state index contributed by atoms with van der Waals surface area (Å²) < 4.78 is 5.68. The smallest absolute Gasteiger partial charge is 0.247 e. The van der Waals surface area contributed by atoms with Crippen LogP contribution in [0.4, 0.5) is 0 Å². The van der Waals surface area contributed by atoms with Crippen LogP contribution in [0.2, 0.25) is 0 Å². The Labute approximate surface area is 188 Å². The molecule has 4 atom stereocenters. The quantitative estimate of drug-likeness (QED) is 0.567. The molecule has 174 valence electrons. The Hall–Kier alpha value is -2.78. The maximum absolute atomic E-state index is 13.1. The zero-order chi connectivity index (χ0) is 23.4. The van der Waals surface area contributed by atoms with Crippen molar-refractivity contribution in [2.45, 2.75) is 64.8 Å². The van der Waals surface area contributed by atoms with Gasteiger partial charge in [0.05, 0.1) is 12.1 Å². The van der Waals surface area contributed by atoms with E-state index in [2.05, 4.69) is 15.5 Å². The number of aromatic nitrogens is 2. The van der Waals surface area contributed by atoms with Crippen LogP contribution in [-0.4, -0.2) is 56.7 Å². The Morgan fingerprint density at radius 3 is 2.47 bits per heavy atom. The number of aliphatic hydroxyl groups is 1. The number of rotatable bonds is 8. The average molecular weight is 444 g/mol. The Balaban J connectivity index is 1.73. The normalized spacial score (nSPS) is 19.2. The largest absolute Gasteiger partial charge is 0.418 e. The lowest BCUT2D eigenvalue weighted by molar-refractivity contribution is -0.140. The van der Waals surface area contributed by atoms with E-state index in [1.165, 1.54) is 0 Å². The summed E-state index contributed by atoms with van der Waals surface area (Å²) >= 11 is 0. The van der Waals surface area contributed by atoms with Gasteiger partial charge in [-0.1, -0.05) is 45.9 Å². The van der Waals surface area contributed by atoms with E-state index in [-0.39, 0.29) is 29.5 Å². The second kappa shape index (κ2) is 10.2. The van der Waals surface area contributed by atoms with Crippen LogP contribution in [0.15, 0.2) is 34.7 Å². The van der Waals surface area contributed by atoms with Gasteiger partial charge in [-0.2, -0.15) is 0 Å². The summed E-state index contributed by atoms with van der Waals surface area (Å²) in [4.78, 5) is 27.4. The standard InChI is InChI=1S/C23H33N5O4/c1-13(2)17(24)23(31)28-12-8-11-16(28)20(30)25-18(14(3)4)19(29)22-27-26-21(32-22)15-9-6-5-7-10-15/h5-7,9-10,13-14,16-19,29H,8,11-12,24H2,1-4H3,(H,25,30)/t16?,17?,18?,19-/m0/s1. The van der Waals surface area contributed by atoms with Crippen molar-refractivity contribution in [2.75, 3.05) is 6.54 Å². The van der Waals surface area contributed by atoms with Crippen LogP contribution >= 0.6 is 0 Å². The Morgan fingerprint density at radius 2 is 1.84 bits per heavy atom. The van der Waals surface area contributed by atoms with Gasteiger partial charge in [-0.05, 0) is 36.8 Å². The highest BCUT2D eigenvalue weighted by Gasteiger charge is 2.39. The van der Waals surface area contributed by atoms with Crippen LogP contribution in [0.25, 0.3) is 11.5 Å². The molecule has 0 bridgehead atoms. The summed E-state index contributed by atoms with van der Waals surface area (Å²) in [5.74, 6) is -0.346. The third-order valence-electron chi connectivity index (χ3n) is 5.92. The molecular formula is C23H33N5O4. The first-order valence-corrected chi connectivity index (χ1v) is 11.1. The van der Waals surface area contributed by atoms with Crippen molar-refractivity contribution in [3.05, 3.63) is 36.2 Å². The molecule has 0 spiro atoms. The molecule has 0 saturated carbocycles. The predicted octanol–water partition coefficient (Wildman–Crippen LogP) is 1.89. The van der Waals surface area contributed by atoms with E-state index >= 15 is 0 Å². The summed E-state index contributed by atoms with van der Waals surface area (Å²) in [5, 5.41) is 21.8. The van der Waals surface area contributed by atoms with Crippen molar-refractivity contribution < 1.29 is 19.1 Å². The fraction of sp³-hybridized carbons (Fsp3) is 0.565. The zero-order valence-electron chi connectivity index (χ0n) is 19.1. The highest BCUT2D eigenvalue weighted by molar-refractivity contribution is 5.90. The summed E-state index contributed by atoms with van der Waals surface area (Å²) in [5.41, 5.74) is 6.78. The average Bonchev–Trinajstić information content (AvgIpc) is 3.46. The van der Waals surface area contributed by atoms with Crippen LogP contribution in [0.5, 0.6) is 0 Å². The molecule has 1 aromatic heterocycles. The van der Waals surface area contributed by atoms with E-state index in [1.807, 2.05) is 58.0 Å². The molecule has 2 aromatic rings. The highest BCUT2D eigenvalue weighted by atomic mass is 16.4. The zero-order valence-corrected chi connectivity index (χ0v) is 19.1. The summed E-state index contributed by atoms with van der Waals surface area (Å²) in [6.45, 7) is 8.03. The minimum absolute atomic E-state index is 0.0200. The number of benzene rings is 1. The molecule has 3 unspecified atom stereocenters. The lowest BCUT2D eigenvalue weighted by Crippen LogP contribution is -2.55. The van der Waals surface area contributed by atoms with E-state index in [4.69, 9.17) is 10.2 Å². The van der Waals surface area contributed by atoms with Crippen molar-refractivity contribution in [1.29, 1.82) is 0 Å². The van der Waals surface area contributed by atoms with Gasteiger partial charge in [-0.3, -0.25) is 9.59 Å². The molecule has 2 amide bonds. The van der Waals surface area contributed by atoms with Gasteiger partial charge in [0.2, 0.25) is 23.6 Å². The van der Waals surface area contributed by atoms with E-state index in [0.29, 0.717) is 18.9 Å². The maximum Gasteiger partial charge on any atom is 0.247 e. The molecule has 1 aliphatic rings. The molecule has 1 aliphatic heterocycles. The molecule has 0 radical (unpaired) electrons. The fourth-order valence-corrected chi connectivity index (χ4v) is 3.86. The Morgan fingerprint density at radius 1 is 1.16 bits per heavy atom. The molecule has 1 fully saturated rings. The molecule has 4 N–H and O–H groups in total. The summed E-state index contributed by atoms with van der Waals surface area (Å²) in [7, 11) is 0. The number of likely N-dealkylation sites (tertiary alicyclic amines) is 1. The molecule has 1 saturated heterocycles. The number of carbonyl (C=O) groups is 2. The number of carbonyl (C=O) groups excluding carboxylic acids is 2. The van der Waals surface area contributed by atoms with Gasteiger partial charge >= 0.3 is 0 Å². The van der Waals surface area contributed by atoms with E-state index < -0.39 is 24.2 Å². The highest BCUT2D eigenvalue weighted by Crippen LogP contribution is 2.26. The van der Waals surface area contributed by atoms with Crippen molar-refractivity contribution >= 4 is 11.8 Å². The number of nitrogens with zero attached hydrogens (tertiary/aromatic N) is 3. The molecule has 2 heterocycles. The van der Waals surface area contributed by atoms with Crippen LogP contribution < -0.4 is 11.1 Å². The fourth-order valence-electron chi connectivity index (χ4n) is 3.86. The van der Waals surface area contributed by atoms with Gasteiger partial charge < -0.3 is 25.5 Å². The second-order valence-corrected chi connectivity index (χ2v) is 8.99. The molecular weight excluding hydrogens is 410 g/mol. The van der Waals surface area contributed by atoms with Crippen molar-refractivity contribution in [3.8, 4) is 11.5 Å². The van der Waals surface area contributed by atoms with Crippen molar-refractivity contribution in [1.82, 2.24) is 20.4 Å². The van der Waals surface area contributed by atoms with Gasteiger partial charge in [-0.25, -0.2) is 0 Å². The van der Waals surface area contributed by atoms with Crippen molar-refractivity contribution in [2.24, 2.45) is 17.6 Å². The molecule has 32 heavy (non-hydrogen) atoms. The van der Waals surface area contributed by atoms with Crippen LogP contribution in [-0.2, 0) is 9.59 Å². The second-order valence-electron chi connectivity index (χ2n) is 8.99. The Kier molecular flexibility index (Phi) is 7.63. The topological polar surface area (TPSA) is 135 Å². The predicted molar refractivity (Wildman–Crippen MR) is 119 cm³/mol. The van der Waals surface area contributed by atoms with Crippen LogP contribution in [0.3, 0.4) is 0 Å². The lowest BCUT2D eigenvalue weighted by atomic mass is 9.97. The third kappa shape index (κ3) is 5.16. The van der Waals surface area contributed by atoms with E-state index in [0.717, 1.165) is 12.0 Å². The summed E-state index contributed by atoms with van der Waals surface area (Å²) in [6.07, 6.45) is 0.0997. The van der Waals surface area contributed by atoms with Gasteiger partial charge in [0.15, 0.2) is 6.10 Å². The number of amides is 2. The molecule has 9 nitrogen and oxygen atoms in total. The van der Waals surface area contributed by atoms with Crippen molar-refractivity contribution in [3.63, 3.8) is 0 Å². The number of nitrogens with two attached hydrogens (primary N) is 1. The Bertz CT molecular complexity index is 914. The first-order valence-electron chi connectivity index (χ1n) is 11.1. The minimum Gasteiger partial charge on any atom is -0.418 e. The molecule has 0 aliphatic carbocycles. The molecule has 3 rings (SSSR count). The van der Waals surface area contributed by atoms with Gasteiger partial charge in [0.1, 0.15) is 6.04 Å². The van der Waals surface area contributed by atoms with Crippen LogP contribution in [0.1, 0.15) is 52.5 Å². The SMILES string of the molecule is CC(C)C(N)C(=O)N1CCCC1C(=O)NC(C(C)C)[C@H](O)c1nnc(-c2ccccc2)o1. The third-order valence-corrected chi connectivity index (χ3v) is 5.92.